The first-order chi connectivity index (χ1) is 17.5. The van der Waals surface area contributed by atoms with Crippen molar-refractivity contribution in [3.63, 3.8) is 0 Å². The van der Waals surface area contributed by atoms with Gasteiger partial charge in [0, 0.05) is 29.7 Å². The van der Waals surface area contributed by atoms with Crippen LogP contribution in [0.3, 0.4) is 0 Å². The summed E-state index contributed by atoms with van der Waals surface area (Å²) in [6, 6.07) is 10.4. The van der Waals surface area contributed by atoms with Crippen LogP contribution in [0.15, 0.2) is 48.7 Å². The fourth-order valence-corrected chi connectivity index (χ4v) is 6.52. The SMILES string of the molecule is CC1(C)CC(c2ccccc2C(F)(F)F)c2cc(COc3cc4c(cn3)[C@H]3[C@@H](C4)[C@@H]3C(=O)O)c(F)cc21. The average Bonchev–Trinajstić information content (AvgIpc) is 3.33. The van der Waals surface area contributed by atoms with Crippen molar-refractivity contribution in [1.82, 2.24) is 4.98 Å². The summed E-state index contributed by atoms with van der Waals surface area (Å²) in [7, 11) is 0. The standard InChI is InChI=1S/C29H25F4NO3/c1-28(2)11-19(16-5-3-4-6-21(16)29(31,32)33)17-8-15(23(30)10-22(17)28)13-37-24-9-14-7-18-25(20(14)12-34-24)26(18)27(35)36/h3-6,8-10,12,18-19,25-26H,7,11,13H2,1-2H3,(H,35,36)/t18-,19?,25-,26+/m1/s1. The van der Waals surface area contributed by atoms with Crippen molar-refractivity contribution in [2.75, 3.05) is 0 Å². The minimum Gasteiger partial charge on any atom is -0.481 e. The Hall–Kier alpha value is -3.42. The number of rotatable bonds is 5. The highest BCUT2D eigenvalue weighted by atomic mass is 19.4. The Bertz CT molecular complexity index is 1430. The van der Waals surface area contributed by atoms with E-state index in [9.17, 15) is 23.1 Å². The summed E-state index contributed by atoms with van der Waals surface area (Å²) in [6.07, 6.45) is -1.76. The Morgan fingerprint density at radius 3 is 2.62 bits per heavy atom. The van der Waals surface area contributed by atoms with E-state index < -0.39 is 34.9 Å². The number of fused-ring (bicyclic) bond motifs is 4. The zero-order valence-electron chi connectivity index (χ0n) is 20.3. The average molecular weight is 512 g/mol. The van der Waals surface area contributed by atoms with Crippen LogP contribution in [0.4, 0.5) is 17.6 Å². The van der Waals surface area contributed by atoms with Crippen molar-refractivity contribution in [2.45, 2.75) is 56.7 Å². The van der Waals surface area contributed by atoms with Gasteiger partial charge in [-0.2, -0.15) is 13.2 Å². The Balaban J connectivity index is 1.28. The third kappa shape index (κ3) is 3.88. The summed E-state index contributed by atoms with van der Waals surface area (Å²) < 4.78 is 62.3. The number of carbonyl (C=O) groups is 1. The Kier molecular flexibility index (Phi) is 5.20. The van der Waals surface area contributed by atoms with Gasteiger partial charge in [0.25, 0.3) is 0 Å². The Morgan fingerprint density at radius 2 is 1.89 bits per heavy atom. The second-order valence-corrected chi connectivity index (χ2v) is 11.0. The summed E-state index contributed by atoms with van der Waals surface area (Å²) in [5, 5.41) is 9.28. The van der Waals surface area contributed by atoms with Crippen LogP contribution < -0.4 is 4.74 Å². The molecule has 37 heavy (non-hydrogen) atoms. The van der Waals surface area contributed by atoms with Crippen molar-refractivity contribution >= 4 is 5.97 Å². The monoisotopic (exact) mass is 511 g/mol. The molecule has 0 spiro atoms. The zero-order valence-corrected chi connectivity index (χ0v) is 20.3. The summed E-state index contributed by atoms with van der Waals surface area (Å²) >= 11 is 0. The van der Waals surface area contributed by atoms with Crippen LogP contribution in [0.25, 0.3) is 0 Å². The topological polar surface area (TPSA) is 59.4 Å². The molecule has 1 heterocycles. The minimum atomic E-state index is -4.49. The molecule has 8 heteroatoms. The van der Waals surface area contributed by atoms with Crippen molar-refractivity contribution < 1.29 is 32.2 Å². The predicted octanol–water partition coefficient (Wildman–Crippen LogP) is 6.60. The molecular formula is C29H25F4NO3. The number of hydrogen-bond acceptors (Lipinski definition) is 3. The second-order valence-electron chi connectivity index (χ2n) is 11.0. The van der Waals surface area contributed by atoms with Crippen LogP contribution in [0, 0.1) is 17.7 Å². The van der Waals surface area contributed by atoms with Gasteiger partial charge in [0.15, 0.2) is 0 Å². The maximum absolute atomic E-state index is 15.1. The fourth-order valence-electron chi connectivity index (χ4n) is 6.52. The smallest absolute Gasteiger partial charge is 0.416 e. The molecule has 1 fully saturated rings. The number of halogens is 4. The summed E-state index contributed by atoms with van der Waals surface area (Å²) in [6.45, 7) is 3.72. The van der Waals surface area contributed by atoms with E-state index in [1.807, 2.05) is 13.8 Å². The van der Waals surface area contributed by atoms with Gasteiger partial charge in [0.2, 0.25) is 5.88 Å². The molecule has 4 atom stereocenters. The maximum atomic E-state index is 15.1. The molecule has 0 bridgehead atoms. The fraction of sp³-hybridized carbons (Fsp3) is 0.379. The largest absolute Gasteiger partial charge is 0.481 e. The molecule has 0 radical (unpaired) electrons. The molecule has 1 unspecified atom stereocenters. The van der Waals surface area contributed by atoms with Crippen molar-refractivity contribution in [3.05, 3.63) is 93.4 Å². The number of pyridine rings is 1. The molecular weight excluding hydrogens is 486 g/mol. The van der Waals surface area contributed by atoms with Gasteiger partial charge in [-0.3, -0.25) is 4.79 Å². The van der Waals surface area contributed by atoms with Crippen molar-refractivity contribution in [1.29, 1.82) is 0 Å². The van der Waals surface area contributed by atoms with Crippen LogP contribution in [-0.2, 0) is 29.4 Å². The zero-order chi connectivity index (χ0) is 26.3. The van der Waals surface area contributed by atoms with Gasteiger partial charge >= 0.3 is 12.1 Å². The lowest BCUT2D eigenvalue weighted by atomic mass is 9.84. The maximum Gasteiger partial charge on any atom is 0.416 e. The number of nitrogens with zero attached hydrogens (tertiary/aromatic N) is 1. The highest BCUT2D eigenvalue weighted by Crippen LogP contribution is 2.61. The third-order valence-corrected chi connectivity index (χ3v) is 8.32. The van der Waals surface area contributed by atoms with E-state index in [4.69, 9.17) is 4.74 Å². The molecule has 1 aromatic heterocycles. The summed E-state index contributed by atoms with van der Waals surface area (Å²) in [5.74, 6) is -1.71. The highest BCUT2D eigenvalue weighted by molar-refractivity contribution is 5.77. The lowest BCUT2D eigenvalue weighted by molar-refractivity contribution is -0.139. The van der Waals surface area contributed by atoms with Crippen LogP contribution in [0.1, 0.15) is 71.0 Å². The summed E-state index contributed by atoms with van der Waals surface area (Å²) in [5.41, 5.74) is 2.60. The number of alkyl halides is 3. The first-order valence-electron chi connectivity index (χ1n) is 12.3. The molecule has 192 valence electrons. The number of aromatic nitrogens is 1. The third-order valence-electron chi connectivity index (χ3n) is 8.32. The van der Waals surface area contributed by atoms with Gasteiger partial charge in [-0.15, -0.1) is 0 Å². The number of carboxylic acids is 1. The quantitative estimate of drug-likeness (QED) is 0.392. The Labute approximate surface area is 211 Å². The Morgan fingerprint density at radius 1 is 1.14 bits per heavy atom. The lowest BCUT2D eigenvalue weighted by Gasteiger charge is -2.21. The first-order valence-corrected chi connectivity index (χ1v) is 12.3. The minimum absolute atomic E-state index is 0.00284. The van der Waals surface area contributed by atoms with Gasteiger partial charge in [-0.25, -0.2) is 9.37 Å². The van der Waals surface area contributed by atoms with Gasteiger partial charge in [-0.05, 0) is 70.2 Å². The van der Waals surface area contributed by atoms with E-state index in [1.165, 1.54) is 18.2 Å². The number of aliphatic carboxylic acids is 1. The lowest BCUT2D eigenvalue weighted by Crippen LogP contribution is -2.14. The second kappa shape index (κ2) is 8.04. The highest BCUT2D eigenvalue weighted by Gasteiger charge is 2.60. The molecule has 6 rings (SSSR count). The number of ether oxygens (including phenoxy) is 1. The molecule has 3 aromatic rings. The molecule has 3 aliphatic carbocycles. The van der Waals surface area contributed by atoms with Crippen LogP contribution in [-0.4, -0.2) is 16.1 Å². The molecule has 0 aliphatic heterocycles. The van der Waals surface area contributed by atoms with E-state index in [2.05, 4.69) is 4.98 Å². The van der Waals surface area contributed by atoms with Gasteiger partial charge in [0.1, 0.15) is 12.4 Å². The van der Waals surface area contributed by atoms with Crippen molar-refractivity contribution in [2.24, 2.45) is 11.8 Å². The molecule has 3 aliphatic rings. The van der Waals surface area contributed by atoms with Crippen molar-refractivity contribution in [3.8, 4) is 5.88 Å². The first kappa shape index (κ1) is 23.9. The van der Waals surface area contributed by atoms with Gasteiger partial charge < -0.3 is 9.84 Å². The van der Waals surface area contributed by atoms with Gasteiger partial charge in [-0.1, -0.05) is 32.0 Å². The van der Waals surface area contributed by atoms with Crippen LogP contribution >= 0.6 is 0 Å². The normalized spacial score (nSPS) is 24.8. The molecule has 1 N–H and O–H groups in total. The molecule has 1 saturated carbocycles. The van der Waals surface area contributed by atoms with E-state index >= 15 is 4.39 Å². The number of hydrogen-bond donors (Lipinski definition) is 1. The van der Waals surface area contributed by atoms with Crippen LogP contribution in [0.5, 0.6) is 5.88 Å². The molecule has 2 aromatic carbocycles. The van der Waals surface area contributed by atoms with E-state index in [-0.39, 0.29) is 35.5 Å². The van der Waals surface area contributed by atoms with Crippen LogP contribution in [0.2, 0.25) is 0 Å². The molecule has 4 nitrogen and oxygen atoms in total. The summed E-state index contributed by atoms with van der Waals surface area (Å²) in [4.78, 5) is 15.6. The predicted molar refractivity (Wildman–Crippen MR) is 127 cm³/mol. The number of benzene rings is 2. The van der Waals surface area contributed by atoms with E-state index in [0.717, 1.165) is 17.2 Å². The van der Waals surface area contributed by atoms with Gasteiger partial charge in [0.05, 0.1) is 11.5 Å². The molecule has 0 saturated heterocycles. The van der Waals surface area contributed by atoms with E-state index in [0.29, 0.717) is 29.8 Å². The number of carboxylic acid groups (broad SMARTS) is 1. The molecule has 0 amide bonds. The van der Waals surface area contributed by atoms with E-state index in [1.54, 1.807) is 24.4 Å².